The van der Waals surface area contributed by atoms with Crippen LogP contribution >= 0.6 is 0 Å². The number of aryl methyl sites for hydroxylation is 1. The van der Waals surface area contributed by atoms with Crippen molar-refractivity contribution in [3.8, 4) is 0 Å². The molecule has 142 valence electrons. The van der Waals surface area contributed by atoms with Gasteiger partial charge in [0.05, 0.1) is 12.2 Å². The summed E-state index contributed by atoms with van der Waals surface area (Å²) < 4.78 is 0. The quantitative estimate of drug-likeness (QED) is 0.847. The standard InChI is InChI=1S/C20H26N6O/c1-15-22-18-13-21-8-7-17(18)20(23-15)26-11-9-25(10-12-26)14-19(27)24-16-5-3-2-4-6-16/h2-6,21H,7-14H2,1H3,(H,24,27). The van der Waals surface area contributed by atoms with Gasteiger partial charge in [0, 0.05) is 44.0 Å². The highest BCUT2D eigenvalue weighted by Crippen LogP contribution is 2.24. The number of anilines is 2. The van der Waals surface area contributed by atoms with Crippen molar-refractivity contribution < 1.29 is 4.79 Å². The topological polar surface area (TPSA) is 73.4 Å². The maximum atomic E-state index is 12.3. The van der Waals surface area contributed by atoms with E-state index < -0.39 is 0 Å². The Morgan fingerprint density at radius 2 is 1.93 bits per heavy atom. The van der Waals surface area contributed by atoms with Crippen molar-refractivity contribution >= 4 is 17.4 Å². The van der Waals surface area contributed by atoms with E-state index in [4.69, 9.17) is 4.98 Å². The Morgan fingerprint density at radius 3 is 2.70 bits per heavy atom. The van der Waals surface area contributed by atoms with Crippen LogP contribution in [-0.2, 0) is 17.8 Å². The van der Waals surface area contributed by atoms with E-state index in [0.717, 1.165) is 68.7 Å². The van der Waals surface area contributed by atoms with E-state index in [2.05, 4.69) is 25.4 Å². The molecule has 0 saturated carbocycles. The van der Waals surface area contributed by atoms with Crippen LogP contribution in [0.4, 0.5) is 11.5 Å². The Morgan fingerprint density at radius 1 is 1.15 bits per heavy atom. The number of nitrogens with one attached hydrogen (secondary N) is 2. The molecule has 7 heteroatoms. The first kappa shape index (κ1) is 17.9. The number of hydrogen-bond acceptors (Lipinski definition) is 6. The van der Waals surface area contributed by atoms with E-state index in [0.29, 0.717) is 6.54 Å². The lowest BCUT2D eigenvalue weighted by Gasteiger charge is -2.36. The van der Waals surface area contributed by atoms with Gasteiger partial charge in [-0.15, -0.1) is 0 Å². The Bertz CT molecular complexity index is 802. The minimum absolute atomic E-state index is 0.0379. The fourth-order valence-electron chi connectivity index (χ4n) is 3.76. The van der Waals surface area contributed by atoms with Gasteiger partial charge in [0.1, 0.15) is 11.6 Å². The first-order valence-electron chi connectivity index (χ1n) is 9.58. The maximum absolute atomic E-state index is 12.3. The van der Waals surface area contributed by atoms with Gasteiger partial charge < -0.3 is 15.5 Å². The molecule has 0 unspecified atom stereocenters. The highest BCUT2D eigenvalue weighted by molar-refractivity contribution is 5.92. The van der Waals surface area contributed by atoms with Crippen LogP contribution < -0.4 is 15.5 Å². The summed E-state index contributed by atoms with van der Waals surface area (Å²) in [5.74, 6) is 1.96. The first-order valence-corrected chi connectivity index (χ1v) is 9.58. The van der Waals surface area contributed by atoms with Crippen molar-refractivity contribution in [1.82, 2.24) is 20.2 Å². The number of amides is 1. The second-order valence-corrected chi connectivity index (χ2v) is 7.12. The molecule has 2 N–H and O–H groups in total. The SMILES string of the molecule is Cc1nc2c(c(N3CCN(CC(=O)Nc4ccccc4)CC3)n1)CCNC2. The van der Waals surface area contributed by atoms with Crippen LogP contribution in [0, 0.1) is 6.92 Å². The molecule has 2 aliphatic rings. The summed E-state index contributed by atoms with van der Waals surface area (Å²) in [5.41, 5.74) is 3.26. The fourth-order valence-corrected chi connectivity index (χ4v) is 3.76. The second kappa shape index (κ2) is 8.02. The van der Waals surface area contributed by atoms with Crippen LogP contribution in [0.2, 0.25) is 0 Å². The van der Waals surface area contributed by atoms with Crippen molar-refractivity contribution in [2.45, 2.75) is 19.9 Å². The number of carbonyl (C=O) groups is 1. The van der Waals surface area contributed by atoms with Crippen LogP contribution in [-0.4, -0.2) is 60.0 Å². The molecule has 0 atom stereocenters. The van der Waals surface area contributed by atoms with E-state index in [-0.39, 0.29) is 5.91 Å². The molecule has 4 rings (SSSR count). The molecule has 1 aromatic carbocycles. The van der Waals surface area contributed by atoms with E-state index in [9.17, 15) is 4.79 Å². The maximum Gasteiger partial charge on any atom is 0.238 e. The summed E-state index contributed by atoms with van der Waals surface area (Å²) in [5, 5.41) is 6.34. The Hall–Kier alpha value is -2.51. The molecule has 2 aliphatic heterocycles. The number of aromatic nitrogens is 2. The third-order valence-corrected chi connectivity index (χ3v) is 5.12. The molecule has 0 radical (unpaired) electrons. The first-order chi connectivity index (χ1) is 13.2. The van der Waals surface area contributed by atoms with Crippen LogP contribution in [0.15, 0.2) is 30.3 Å². The van der Waals surface area contributed by atoms with Gasteiger partial charge in [-0.2, -0.15) is 0 Å². The fraction of sp³-hybridized carbons (Fsp3) is 0.450. The third kappa shape index (κ3) is 4.26. The van der Waals surface area contributed by atoms with E-state index in [1.165, 1.54) is 5.56 Å². The van der Waals surface area contributed by atoms with Crippen LogP contribution in [0.3, 0.4) is 0 Å². The number of hydrogen-bond donors (Lipinski definition) is 2. The number of rotatable bonds is 4. The molecule has 1 saturated heterocycles. The Labute approximate surface area is 159 Å². The van der Waals surface area contributed by atoms with E-state index in [1.807, 2.05) is 37.3 Å². The number of piperazine rings is 1. The lowest BCUT2D eigenvalue weighted by Crippen LogP contribution is -2.49. The van der Waals surface area contributed by atoms with Crippen molar-refractivity contribution in [2.24, 2.45) is 0 Å². The zero-order valence-electron chi connectivity index (χ0n) is 15.7. The van der Waals surface area contributed by atoms with Gasteiger partial charge in [-0.3, -0.25) is 9.69 Å². The van der Waals surface area contributed by atoms with Gasteiger partial charge in [-0.25, -0.2) is 9.97 Å². The molecular weight excluding hydrogens is 340 g/mol. The largest absolute Gasteiger partial charge is 0.354 e. The van der Waals surface area contributed by atoms with E-state index >= 15 is 0 Å². The zero-order chi connectivity index (χ0) is 18.6. The monoisotopic (exact) mass is 366 g/mol. The summed E-state index contributed by atoms with van der Waals surface area (Å²) in [6, 6.07) is 9.61. The zero-order valence-corrected chi connectivity index (χ0v) is 15.7. The lowest BCUT2D eigenvalue weighted by molar-refractivity contribution is -0.117. The van der Waals surface area contributed by atoms with Gasteiger partial charge >= 0.3 is 0 Å². The molecule has 1 amide bonds. The molecule has 1 fully saturated rings. The van der Waals surface area contributed by atoms with Gasteiger partial charge in [0.2, 0.25) is 5.91 Å². The predicted molar refractivity (Wildman–Crippen MR) is 106 cm³/mol. The van der Waals surface area contributed by atoms with Crippen LogP contribution in [0.25, 0.3) is 0 Å². The van der Waals surface area contributed by atoms with E-state index in [1.54, 1.807) is 0 Å². The number of benzene rings is 1. The number of nitrogens with zero attached hydrogens (tertiary/aromatic N) is 4. The highest BCUT2D eigenvalue weighted by atomic mass is 16.2. The summed E-state index contributed by atoms with van der Waals surface area (Å²) in [6.07, 6.45) is 0.977. The summed E-state index contributed by atoms with van der Waals surface area (Å²) in [6.45, 7) is 7.67. The van der Waals surface area contributed by atoms with Gasteiger partial charge in [-0.1, -0.05) is 18.2 Å². The smallest absolute Gasteiger partial charge is 0.238 e. The van der Waals surface area contributed by atoms with Crippen molar-refractivity contribution in [2.75, 3.05) is 49.5 Å². The lowest BCUT2D eigenvalue weighted by atomic mass is 10.1. The Kier molecular flexibility index (Phi) is 5.31. The van der Waals surface area contributed by atoms with Crippen molar-refractivity contribution in [3.05, 3.63) is 47.4 Å². The average Bonchev–Trinajstić information content (AvgIpc) is 2.68. The van der Waals surface area contributed by atoms with Gasteiger partial charge in [-0.05, 0) is 32.0 Å². The normalized spacial score (nSPS) is 17.4. The third-order valence-electron chi connectivity index (χ3n) is 5.12. The summed E-state index contributed by atoms with van der Waals surface area (Å²) >= 11 is 0. The highest BCUT2D eigenvalue weighted by Gasteiger charge is 2.25. The van der Waals surface area contributed by atoms with Crippen molar-refractivity contribution in [1.29, 1.82) is 0 Å². The number of carbonyl (C=O) groups excluding carboxylic acids is 1. The minimum atomic E-state index is 0.0379. The summed E-state index contributed by atoms with van der Waals surface area (Å²) in [4.78, 5) is 26.2. The molecule has 0 aliphatic carbocycles. The molecule has 27 heavy (non-hydrogen) atoms. The van der Waals surface area contributed by atoms with Crippen LogP contribution in [0.1, 0.15) is 17.1 Å². The molecule has 2 aromatic rings. The molecule has 0 bridgehead atoms. The average molecular weight is 366 g/mol. The Balaban J connectivity index is 1.35. The molecule has 1 aromatic heterocycles. The molecule has 3 heterocycles. The van der Waals surface area contributed by atoms with Gasteiger partial charge in [0.15, 0.2) is 0 Å². The number of fused-ring (bicyclic) bond motifs is 1. The second-order valence-electron chi connectivity index (χ2n) is 7.12. The predicted octanol–water partition coefficient (Wildman–Crippen LogP) is 1.19. The molecule has 0 spiro atoms. The minimum Gasteiger partial charge on any atom is -0.354 e. The number of para-hydroxylation sites is 1. The van der Waals surface area contributed by atoms with Crippen molar-refractivity contribution in [3.63, 3.8) is 0 Å². The molecule has 7 nitrogen and oxygen atoms in total. The van der Waals surface area contributed by atoms with Gasteiger partial charge in [0.25, 0.3) is 0 Å². The summed E-state index contributed by atoms with van der Waals surface area (Å²) in [7, 11) is 0. The van der Waals surface area contributed by atoms with Crippen LogP contribution in [0.5, 0.6) is 0 Å². The molecular formula is C20H26N6O.